The van der Waals surface area contributed by atoms with Crippen LogP contribution in [0.2, 0.25) is 0 Å². The van der Waals surface area contributed by atoms with Gasteiger partial charge in [0, 0.05) is 0 Å². The topological polar surface area (TPSA) is 9.23 Å². The first-order valence-electron chi connectivity index (χ1n) is 8.50. The zero-order chi connectivity index (χ0) is 17.5. The van der Waals surface area contributed by atoms with Crippen LogP contribution in [0.15, 0.2) is 97.6 Å². The minimum atomic E-state index is -1.63. The Morgan fingerprint density at radius 1 is 0.846 bits per heavy atom. The van der Waals surface area contributed by atoms with Crippen LogP contribution < -0.4 is 15.3 Å². The van der Waals surface area contributed by atoms with Crippen LogP contribution in [-0.4, -0.2) is 13.3 Å². The lowest BCUT2D eigenvalue weighted by Crippen LogP contribution is -2.26. The summed E-state index contributed by atoms with van der Waals surface area (Å²) in [6, 6.07) is 30.2. The van der Waals surface area contributed by atoms with E-state index in [0.29, 0.717) is 0 Å². The lowest BCUT2D eigenvalue weighted by molar-refractivity contribution is 0.414. The molecule has 0 aliphatic carbocycles. The Morgan fingerprint density at radius 2 is 1.42 bits per heavy atom. The Morgan fingerprint density at radius 3 is 1.92 bits per heavy atom. The molecule has 0 amide bonds. The molecule has 0 aromatic heterocycles. The fourth-order valence-electron chi connectivity index (χ4n) is 3.34. The summed E-state index contributed by atoms with van der Waals surface area (Å²) < 4.78 is 5.43. The first-order valence-corrected chi connectivity index (χ1v) is 10.7. The normalized spacial score (nSPS) is 10.7. The zero-order valence-corrected chi connectivity index (χ0v) is 17.7. The Balaban J connectivity index is 0.00000243. The second kappa shape index (κ2) is 9.71. The van der Waals surface area contributed by atoms with Crippen molar-refractivity contribution in [2.45, 2.75) is 6.16 Å². The zero-order valence-electron chi connectivity index (χ0n) is 15.0. The Bertz CT molecular complexity index is 778. The molecule has 3 heteroatoms. The molecule has 0 bridgehead atoms. The van der Waals surface area contributed by atoms with Crippen LogP contribution in [-0.2, 0) is 6.16 Å². The highest BCUT2D eigenvalue weighted by Gasteiger charge is 2.41. The van der Waals surface area contributed by atoms with Crippen molar-refractivity contribution in [2.75, 3.05) is 13.3 Å². The van der Waals surface area contributed by atoms with E-state index < -0.39 is 7.26 Å². The van der Waals surface area contributed by atoms with Gasteiger partial charge >= 0.3 is 0 Å². The van der Waals surface area contributed by atoms with Crippen molar-refractivity contribution in [2.24, 2.45) is 0 Å². The minimum Gasteiger partial charge on any atom is -0.497 e. The number of allylic oxidation sites excluding steroid dienone is 1. The lowest BCUT2D eigenvalue weighted by atomic mass is 10.2. The highest BCUT2D eigenvalue weighted by atomic mass is 79.9. The van der Waals surface area contributed by atoms with Crippen LogP contribution in [0.3, 0.4) is 0 Å². The molecule has 3 rings (SSSR count). The van der Waals surface area contributed by atoms with Gasteiger partial charge in [-0.2, -0.15) is 0 Å². The number of halogens is 1. The second-order valence-electron chi connectivity index (χ2n) is 6.12. The van der Waals surface area contributed by atoms with E-state index in [4.69, 9.17) is 4.74 Å². The molecule has 0 N–H and O–H groups in total. The van der Waals surface area contributed by atoms with Gasteiger partial charge in [0.15, 0.2) is 0 Å². The molecule has 1 nitrogen and oxygen atoms in total. The predicted octanol–water partition coefficient (Wildman–Crippen LogP) is 5.63. The smallest absolute Gasteiger partial charge is 0.119 e. The highest BCUT2D eigenvalue weighted by Crippen LogP contribution is 2.59. The first-order chi connectivity index (χ1) is 12.3. The number of rotatable bonds is 7. The maximum atomic E-state index is 5.43. The molecule has 3 aromatic rings. The van der Waals surface area contributed by atoms with Crippen LogP contribution in [0.4, 0.5) is 0 Å². The van der Waals surface area contributed by atoms with E-state index in [0.717, 1.165) is 18.1 Å². The van der Waals surface area contributed by atoms with E-state index in [1.165, 1.54) is 16.2 Å². The molecule has 0 aliphatic rings. The van der Waals surface area contributed by atoms with Gasteiger partial charge in [-0.3, -0.25) is 0 Å². The number of methoxy groups -OCH3 is 1. The van der Waals surface area contributed by atoms with Crippen LogP contribution in [0, 0.1) is 0 Å². The SMILES string of the molecule is Br.C=CC[P+](Cc1cccc(OC)c1)(c1ccccc1)c1ccccc1. The maximum Gasteiger partial charge on any atom is 0.119 e. The average molecular weight is 428 g/mol. The van der Waals surface area contributed by atoms with Crippen molar-refractivity contribution in [3.63, 3.8) is 0 Å². The molecule has 0 aliphatic heterocycles. The van der Waals surface area contributed by atoms with E-state index in [9.17, 15) is 0 Å². The van der Waals surface area contributed by atoms with Crippen LogP contribution in [0.1, 0.15) is 5.56 Å². The van der Waals surface area contributed by atoms with Crippen molar-refractivity contribution >= 4 is 34.9 Å². The number of hydrogen-bond acceptors (Lipinski definition) is 1. The summed E-state index contributed by atoms with van der Waals surface area (Å²) in [4.78, 5) is 0. The van der Waals surface area contributed by atoms with Gasteiger partial charge in [0.2, 0.25) is 0 Å². The minimum absolute atomic E-state index is 0. The standard InChI is InChI=1S/C23H24OP.BrH/c1-3-17-25(22-13-6-4-7-14-22,23-15-8-5-9-16-23)19-20-11-10-12-21(18-20)24-2;/h3-16,18H,1,17,19H2,2H3;1H/q+1;. The van der Waals surface area contributed by atoms with Gasteiger partial charge in [-0.05, 0) is 42.0 Å². The second-order valence-corrected chi connectivity index (χ2v) is 9.77. The van der Waals surface area contributed by atoms with Gasteiger partial charge in [0.25, 0.3) is 0 Å². The van der Waals surface area contributed by atoms with Gasteiger partial charge in [-0.25, -0.2) is 0 Å². The van der Waals surface area contributed by atoms with E-state index >= 15 is 0 Å². The molecule has 0 saturated carbocycles. The summed E-state index contributed by atoms with van der Waals surface area (Å²) in [7, 11) is 0.0951. The molecule has 134 valence electrons. The molecule has 0 spiro atoms. The van der Waals surface area contributed by atoms with Gasteiger partial charge in [-0.15, -0.1) is 17.0 Å². The van der Waals surface area contributed by atoms with Gasteiger partial charge in [0.05, 0.1) is 37.3 Å². The molecule has 3 aromatic carbocycles. The molecule has 0 radical (unpaired) electrons. The quantitative estimate of drug-likeness (QED) is 0.350. The molecule has 0 saturated heterocycles. The fourth-order valence-corrected chi connectivity index (χ4v) is 7.30. The van der Waals surface area contributed by atoms with Crippen molar-refractivity contribution in [1.82, 2.24) is 0 Å². The summed E-state index contributed by atoms with van der Waals surface area (Å²) >= 11 is 0. The molecular weight excluding hydrogens is 403 g/mol. The van der Waals surface area contributed by atoms with Gasteiger partial charge in [0.1, 0.15) is 5.75 Å². The Kier molecular flexibility index (Phi) is 7.63. The number of ether oxygens (including phenoxy) is 1. The number of benzene rings is 3. The molecular formula is C23H25BrOP+. The largest absolute Gasteiger partial charge is 0.497 e. The van der Waals surface area contributed by atoms with Crippen LogP contribution >= 0.6 is 24.2 Å². The third-order valence-corrected chi connectivity index (χ3v) is 8.89. The molecule has 0 unspecified atom stereocenters. The van der Waals surface area contributed by atoms with Gasteiger partial charge in [-0.1, -0.05) is 61.2 Å². The molecule has 26 heavy (non-hydrogen) atoms. The third kappa shape index (κ3) is 4.44. The summed E-state index contributed by atoms with van der Waals surface area (Å²) in [5.74, 6) is 0.912. The van der Waals surface area contributed by atoms with E-state index in [-0.39, 0.29) is 17.0 Å². The number of hydrogen-bond donors (Lipinski definition) is 0. The maximum absolute atomic E-state index is 5.43. The van der Waals surface area contributed by atoms with Crippen molar-refractivity contribution in [3.05, 3.63) is 103 Å². The Hall–Kier alpha value is -1.89. The molecule has 0 heterocycles. The third-order valence-electron chi connectivity index (χ3n) is 4.53. The van der Waals surface area contributed by atoms with Gasteiger partial charge < -0.3 is 4.74 Å². The molecule has 0 fully saturated rings. The fraction of sp³-hybridized carbons (Fsp3) is 0.130. The van der Waals surface area contributed by atoms with Crippen molar-refractivity contribution in [1.29, 1.82) is 0 Å². The monoisotopic (exact) mass is 427 g/mol. The van der Waals surface area contributed by atoms with E-state index in [2.05, 4.69) is 91.5 Å². The molecule has 0 atom stereocenters. The summed E-state index contributed by atoms with van der Waals surface area (Å²) in [6.07, 6.45) is 4.07. The summed E-state index contributed by atoms with van der Waals surface area (Å²) in [5, 5.41) is 2.84. The first kappa shape index (κ1) is 20.4. The average Bonchev–Trinajstić information content (AvgIpc) is 2.69. The lowest BCUT2D eigenvalue weighted by Gasteiger charge is -2.27. The van der Waals surface area contributed by atoms with E-state index in [1.807, 2.05) is 6.07 Å². The summed E-state index contributed by atoms with van der Waals surface area (Å²) in [5.41, 5.74) is 1.31. The predicted molar refractivity (Wildman–Crippen MR) is 121 cm³/mol. The van der Waals surface area contributed by atoms with Crippen LogP contribution in [0.5, 0.6) is 5.75 Å². The van der Waals surface area contributed by atoms with Crippen molar-refractivity contribution in [3.8, 4) is 5.75 Å². The van der Waals surface area contributed by atoms with E-state index in [1.54, 1.807) is 7.11 Å². The van der Waals surface area contributed by atoms with Crippen LogP contribution in [0.25, 0.3) is 0 Å². The Labute approximate surface area is 167 Å². The highest BCUT2D eigenvalue weighted by molar-refractivity contribution is 8.93. The summed E-state index contributed by atoms with van der Waals surface area (Å²) in [6.45, 7) is 4.07. The van der Waals surface area contributed by atoms with Crippen molar-refractivity contribution < 1.29 is 4.74 Å².